The zero-order valence-electron chi connectivity index (χ0n) is 46.4. The van der Waals surface area contributed by atoms with Crippen LogP contribution in [0, 0.1) is 6.92 Å². The molecule has 0 aliphatic carbocycles. The number of carbonyl (C=O) groups is 1. The molecule has 0 atom stereocenters. The van der Waals surface area contributed by atoms with Crippen molar-refractivity contribution in [3.63, 3.8) is 0 Å². The number of amides is 1. The standard InChI is InChI=1S/C55H93N3O18S/c1-50-8-9-54-52(48-50)58(51-6-3-4-7-53(51)77-54)11-5-10-56-12-14-57(15-13-56)55(59)49-76-47-46-75-45-44-74-43-42-73-41-40-72-39-38-71-37-36-70-35-34-69-33-32-68-31-30-67-29-28-66-27-26-65-25-24-64-23-22-63-21-20-62-19-18-61-17-16-60-2/h3-4,6-9,48H,5,10-47,49H2,1-2H3. The van der Waals surface area contributed by atoms with Gasteiger partial charge in [0.1, 0.15) is 6.61 Å². The number of anilines is 2. The largest absolute Gasteiger partial charge is 0.382 e. The van der Waals surface area contributed by atoms with Crippen molar-refractivity contribution >= 4 is 29.0 Å². The summed E-state index contributed by atoms with van der Waals surface area (Å²) in [6.45, 7) is 23.2. The molecule has 2 aromatic rings. The Kier molecular flexibility index (Phi) is 41.7. The van der Waals surface area contributed by atoms with Gasteiger partial charge in [0, 0.05) is 49.6 Å². The fourth-order valence-corrected chi connectivity index (χ4v) is 8.62. The first-order valence-electron chi connectivity index (χ1n) is 27.5. The molecule has 0 spiro atoms. The number of fused-ring (bicyclic) bond motifs is 2. The Morgan fingerprint density at radius 3 is 1.12 bits per heavy atom. The van der Waals surface area contributed by atoms with E-state index in [2.05, 4.69) is 59.2 Å². The number of aryl methyl sites for hydroxylation is 1. The van der Waals surface area contributed by atoms with E-state index >= 15 is 0 Å². The van der Waals surface area contributed by atoms with Gasteiger partial charge in [-0.1, -0.05) is 30.0 Å². The molecule has 77 heavy (non-hydrogen) atoms. The Hall–Kier alpha value is -2.66. The number of carbonyl (C=O) groups excluding carboxylic acids is 1. The maximum Gasteiger partial charge on any atom is 0.248 e. The third-order valence-corrected chi connectivity index (χ3v) is 12.7. The van der Waals surface area contributed by atoms with E-state index in [-0.39, 0.29) is 12.5 Å². The highest BCUT2D eigenvalue weighted by Gasteiger charge is 2.25. The van der Waals surface area contributed by atoms with Crippen molar-refractivity contribution in [3.8, 4) is 0 Å². The summed E-state index contributed by atoms with van der Waals surface area (Å²) < 4.78 is 93.1. The average molecular weight is 1120 g/mol. The van der Waals surface area contributed by atoms with Crippen molar-refractivity contribution in [3.05, 3.63) is 48.0 Å². The number of benzene rings is 2. The van der Waals surface area contributed by atoms with E-state index in [1.165, 1.54) is 26.7 Å². The molecular weight excluding hydrogens is 1020 g/mol. The number of piperazine rings is 1. The van der Waals surface area contributed by atoms with Crippen LogP contribution in [-0.4, -0.2) is 280 Å². The fraction of sp³-hybridized carbons (Fsp3) is 0.764. The summed E-state index contributed by atoms with van der Waals surface area (Å²) in [4.78, 5) is 22.2. The molecule has 21 nitrogen and oxygen atoms in total. The van der Waals surface area contributed by atoms with Gasteiger partial charge in [-0.15, -0.1) is 0 Å². The molecular formula is C55H93N3O18S. The molecule has 2 heterocycles. The Balaban J connectivity index is 0.759. The van der Waals surface area contributed by atoms with Gasteiger partial charge >= 0.3 is 0 Å². The molecule has 4 rings (SSSR count). The third-order valence-electron chi connectivity index (χ3n) is 11.6. The van der Waals surface area contributed by atoms with E-state index in [0.717, 1.165) is 45.7 Å². The van der Waals surface area contributed by atoms with Crippen LogP contribution in [0.5, 0.6) is 0 Å². The molecule has 0 N–H and O–H groups in total. The molecule has 1 fully saturated rings. The topological polar surface area (TPSA) is 184 Å². The molecule has 0 radical (unpaired) electrons. The summed E-state index contributed by atoms with van der Waals surface area (Å²) in [6, 6.07) is 15.4. The molecule has 2 aromatic carbocycles. The van der Waals surface area contributed by atoms with Crippen LogP contribution in [-0.2, 0) is 85.3 Å². The lowest BCUT2D eigenvalue weighted by Gasteiger charge is -2.36. The van der Waals surface area contributed by atoms with Crippen LogP contribution in [0.3, 0.4) is 0 Å². The van der Waals surface area contributed by atoms with Gasteiger partial charge in [0.2, 0.25) is 5.91 Å². The van der Waals surface area contributed by atoms with Crippen LogP contribution in [0.2, 0.25) is 0 Å². The first kappa shape index (κ1) is 66.8. The highest BCUT2D eigenvalue weighted by molar-refractivity contribution is 7.99. The SMILES string of the molecule is COCCOCCOCCOCCOCCOCCOCCOCCOCCOCCOCCOCCOCCOCCOCCOCCOCC(=O)N1CCN(CCCN2c3ccccc3Sc3ccc(C)cc32)CC1. The molecule has 2 aliphatic heterocycles. The smallest absolute Gasteiger partial charge is 0.248 e. The molecule has 1 amide bonds. The maximum absolute atomic E-state index is 12.8. The van der Waals surface area contributed by atoms with E-state index < -0.39 is 0 Å². The summed E-state index contributed by atoms with van der Waals surface area (Å²) in [7, 11) is 1.64. The van der Waals surface area contributed by atoms with Crippen molar-refractivity contribution in [2.24, 2.45) is 0 Å². The number of nitrogens with zero attached hydrogens (tertiary/aromatic N) is 3. The Morgan fingerprint density at radius 1 is 0.403 bits per heavy atom. The first-order valence-corrected chi connectivity index (χ1v) is 28.4. The van der Waals surface area contributed by atoms with Gasteiger partial charge in [-0.05, 0) is 49.7 Å². The van der Waals surface area contributed by atoms with E-state index in [0.29, 0.717) is 211 Å². The Morgan fingerprint density at radius 2 is 0.740 bits per heavy atom. The van der Waals surface area contributed by atoms with Gasteiger partial charge < -0.3 is 90.3 Å². The van der Waals surface area contributed by atoms with E-state index in [4.69, 9.17) is 80.5 Å². The minimum atomic E-state index is 0.0328. The predicted octanol–water partition coefficient (Wildman–Crippen LogP) is 4.04. The molecule has 0 saturated carbocycles. The second kappa shape index (κ2) is 48.1. The zero-order valence-corrected chi connectivity index (χ0v) is 47.2. The van der Waals surface area contributed by atoms with Crippen molar-refractivity contribution < 1.29 is 85.3 Å². The monoisotopic (exact) mass is 1120 g/mol. The summed E-state index contributed by atoms with van der Waals surface area (Å²) in [5.74, 6) is 0.0328. The zero-order chi connectivity index (χ0) is 54.2. The van der Waals surface area contributed by atoms with Crippen molar-refractivity contribution in [2.45, 2.75) is 23.1 Å². The number of hydrogen-bond donors (Lipinski definition) is 0. The number of para-hydroxylation sites is 1. The van der Waals surface area contributed by atoms with Gasteiger partial charge in [-0.25, -0.2) is 0 Å². The maximum atomic E-state index is 12.8. The lowest BCUT2D eigenvalue weighted by atomic mass is 10.1. The van der Waals surface area contributed by atoms with Crippen molar-refractivity contribution in [2.75, 3.05) is 269 Å². The van der Waals surface area contributed by atoms with Gasteiger partial charge in [0.15, 0.2) is 0 Å². The lowest BCUT2D eigenvalue weighted by Crippen LogP contribution is -2.50. The summed E-state index contributed by atoms with van der Waals surface area (Å²) in [5.41, 5.74) is 3.86. The number of hydrogen-bond acceptors (Lipinski definition) is 21. The number of ether oxygens (including phenoxy) is 17. The van der Waals surface area contributed by atoms with Gasteiger partial charge in [0.25, 0.3) is 0 Å². The van der Waals surface area contributed by atoms with Crippen LogP contribution in [0.4, 0.5) is 11.4 Å². The van der Waals surface area contributed by atoms with Gasteiger partial charge in [-0.3, -0.25) is 9.69 Å². The average Bonchev–Trinajstić information content (AvgIpc) is 3.45. The minimum Gasteiger partial charge on any atom is -0.382 e. The van der Waals surface area contributed by atoms with Crippen LogP contribution in [0.1, 0.15) is 12.0 Å². The minimum absolute atomic E-state index is 0.0328. The molecule has 442 valence electrons. The van der Waals surface area contributed by atoms with Crippen LogP contribution in [0.15, 0.2) is 52.3 Å². The van der Waals surface area contributed by atoms with Crippen LogP contribution >= 0.6 is 11.8 Å². The molecule has 2 aliphatic rings. The molecule has 0 bridgehead atoms. The Labute approximate surface area is 463 Å². The van der Waals surface area contributed by atoms with Crippen LogP contribution < -0.4 is 4.90 Å². The van der Waals surface area contributed by atoms with Crippen molar-refractivity contribution in [1.29, 1.82) is 0 Å². The Bertz CT molecular complexity index is 1690. The highest BCUT2D eigenvalue weighted by atomic mass is 32.2. The quantitative estimate of drug-likeness (QED) is 0.0865. The van der Waals surface area contributed by atoms with E-state index in [1.54, 1.807) is 7.11 Å². The van der Waals surface area contributed by atoms with Crippen LogP contribution in [0.25, 0.3) is 0 Å². The molecule has 22 heteroatoms. The van der Waals surface area contributed by atoms with E-state index in [9.17, 15) is 4.79 Å². The lowest BCUT2D eigenvalue weighted by molar-refractivity contribution is -0.138. The fourth-order valence-electron chi connectivity index (χ4n) is 7.55. The van der Waals surface area contributed by atoms with Gasteiger partial charge in [0.05, 0.1) is 223 Å². The predicted molar refractivity (Wildman–Crippen MR) is 291 cm³/mol. The summed E-state index contributed by atoms with van der Waals surface area (Å²) in [6.07, 6.45) is 1.05. The van der Waals surface area contributed by atoms with E-state index in [1.807, 2.05) is 16.7 Å². The number of rotatable bonds is 54. The van der Waals surface area contributed by atoms with Gasteiger partial charge in [-0.2, -0.15) is 0 Å². The molecule has 0 aromatic heterocycles. The molecule has 0 unspecified atom stereocenters. The first-order chi connectivity index (χ1) is 38.2. The summed E-state index contributed by atoms with van der Waals surface area (Å²) in [5, 5.41) is 0. The molecule has 1 saturated heterocycles. The third kappa shape index (κ3) is 34.3. The second-order valence-corrected chi connectivity index (χ2v) is 18.6. The second-order valence-electron chi connectivity index (χ2n) is 17.5. The number of methoxy groups -OCH3 is 1. The normalized spacial score (nSPS) is 13.7. The highest BCUT2D eigenvalue weighted by Crippen LogP contribution is 2.48. The summed E-state index contributed by atoms with van der Waals surface area (Å²) >= 11 is 1.85. The van der Waals surface area contributed by atoms with Crippen molar-refractivity contribution in [1.82, 2.24) is 9.80 Å².